The van der Waals surface area contributed by atoms with E-state index in [1.54, 1.807) is 6.20 Å². The zero-order chi connectivity index (χ0) is 12.7. The van der Waals surface area contributed by atoms with Gasteiger partial charge in [-0.2, -0.15) is 0 Å². The molecule has 0 bridgehead atoms. The Balaban J connectivity index is 2.44. The third kappa shape index (κ3) is 4.48. The fraction of sp³-hybridized carbons (Fsp3) is 0.375. The van der Waals surface area contributed by atoms with Gasteiger partial charge in [-0.15, -0.1) is 0 Å². The number of allylic oxidation sites excluding steroid dienone is 3. The lowest BCUT2D eigenvalue weighted by atomic mass is 9.98. The highest BCUT2D eigenvalue weighted by molar-refractivity contribution is 5.33. The van der Waals surface area contributed by atoms with Gasteiger partial charge in [-0.05, 0) is 68.5 Å². The molecule has 92 valence electrons. The topological polar surface area (TPSA) is 26.0 Å². The molecule has 1 heteroatoms. The van der Waals surface area contributed by atoms with Crippen molar-refractivity contribution in [3.05, 3.63) is 58.8 Å². The van der Waals surface area contributed by atoms with Crippen LogP contribution in [0.3, 0.4) is 0 Å². The van der Waals surface area contributed by atoms with E-state index < -0.39 is 0 Å². The first kappa shape index (κ1) is 13.6. The van der Waals surface area contributed by atoms with Crippen LogP contribution in [0.2, 0.25) is 0 Å². The van der Waals surface area contributed by atoms with Crippen molar-refractivity contribution in [2.75, 3.05) is 0 Å². The predicted molar refractivity (Wildman–Crippen MR) is 75.9 cm³/mol. The zero-order valence-corrected chi connectivity index (χ0v) is 11.2. The first-order chi connectivity index (χ1) is 8.15. The van der Waals surface area contributed by atoms with E-state index in [1.807, 2.05) is 6.92 Å². The average molecular weight is 229 g/mol. The highest BCUT2D eigenvalue weighted by Crippen LogP contribution is 2.16. The van der Waals surface area contributed by atoms with Crippen LogP contribution in [0.5, 0.6) is 0 Å². The van der Waals surface area contributed by atoms with E-state index in [2.05, 4.69) is 44.2 Å². The molecule has 0 amide bonds. The van der Waals surface area contributed by atoms with Crippen molar-refractivity contribution in [3.8, 4) is 0 Å². The van der Waals surface area contributed by atoms with Gasteiger partial charge in [0.1, 0.15) is 0 Å². The number of benzene rings is 1. The lowest BCUT2D eigenvalue weighted by molar-refractivity contribution is 0.831. The highest BCUT2D eigenvalue weighted by Gasteiger charge is 2.00. The number of hydrogen-bond donors (Lipinski definition) is 1. The number of unbranched alkanes of at least 4 members (excludes halogenated alkanes) is 1. The molecule has 0 saturated heterocycles. The normalized spacial score (nSPS) is 12.3. The number of aryl methyl sites for hydroxylation is 2. The molecule has 0 saturated carbocycles. The van der Waals surface area contributed by atoms with Crippen LogP contribution in [-0.4, -0.2) is 0 Å². The summed E-state index contributed by atoms with van der Waals surface area (Å²) in [7, 11) is 0. The molecule has 0 spiro atoms. The molecule has 0 heterocycles. The third-order valence-corrected chi connectivity index (χ3v) is 3.09. The Labute approximate surface area is 105 Å². The van der Waals surface area contributed by atoms with Crippen molar-refractivity contribution in [2.45, 2.75) is 40.0 Å². The molecule has 0 aliphatic carbocycles. The molecule has 1 aromatic rings. The minimum absolute atomic E-state index is 1.11. The molecule has 1 aromatic carbocycles. The van der Waals surface area contributed by atoms with Crippen molar-refractivity contribution < 1.29 is 0 Å². The maximum atomic E-state index is 5.40. The van der Waals surface area contributed by atoms with E-state index in [4.69, 9.17) is 5.73 Å². The lowest BCUT2D eigenvalue weighted by Gasteiger charge is -2.08. The van der Waals surface area contributed by atoms with Crippen LogP contribution in [0, 0.1) is 13.8 Å². The molecular weight excluding hydrogens is 206 g/mol. The van der Waals surface area contributed by atoms with E-state index in [1.165, 1.54) is 23.1 Å². The van der Waals surface area contributed by atoms with Crippen molar-refractivity contribution >= 4 is 0 Å². The quantitative estimate of drug-likeness (QED) is 0.598. The molecule has 1 rings (SSSR count). The van der Waals surface area contributed by atoms with Crippen LogP contribution < -0.4 is 5.73 Å². The molecule has 2 N–H and O–H groups in total. The van der Waals surface area contributed by atoms with Gasteiger partial charge in [0.15, 0.2) is 0 Å². The molecule has 0 aliphatic heterocycles. The van der Waals surface area contributed by atoms with Crippen molar-refractivity contribution in [1.82, 2.24) is 0 Å². The molecule has 0 unspecified atom stereocenters. The minimum Gasteiger partial charge on any atom is -0.404 e. The van der Waals surface area contributed by atoms with E-state index in [0.717, 1.165) is 18.4 Å². The van der Waals surface area contributed by atoms with Gasteiger partial charge in [-0.25, -0.2) is 0 Å². The second-order valence-electron chi connectivity index (χ2n) is 4.58. The highest BCUT2D eigenvalue weighted by atomic mass is 14.5. The van der Waals surface area contributed by atoms with Gasteiger partial charge in [-0.3, -0.25) is 0 Å². The van der Waals surface area contributed by atoms with Crippen LogP contribution in [-0.2, 0) is 6.42 Å². The van der Waals surface area contributed by atoms with E-state index in [9.17, 15) is 0 Å². The number of nitrogens with two attached hydrogens (primary N) is 1. The van der Waals surface area contributed by atoms with Gasteiger partial charge in [0, 0.05) is 0 Å². The van der Waals surface area contributed by atoms with Crippen LogP contribution in [0.25, 0.3) is 0 Å². The Bertz CT molecular complexity index is 393. The molecule has 0 radical (unpaired) electrons. The molecular formula is C16H23N. The van der Waals surface area contributed by atoms with Crippen LogP contribution in [0.4, 0.5) is 0 Å². The molecule has 0 aromatic heterocycles. The Kier molecular flexibility index (Phi) is 5.55. The summed E-state index contributed by atoms with van der Waals surface area (Å²) >= 11 is 0. The van der Waals surface area contributed by atoms with Crippen molar-refractivity contribution in [1.29, 1.82) is 0 Å². The number of hydrogen-bond acceptors (Lipinski definition) is 1. The lowest BCUT2D eigenvalue weighted by Crippen LogP contribution is -1.93. The Morgan fingerprint density at radius 1 is 1.24 bits per heavy atom. The van der Waals surface area contributed by atoms with Crippen LogP contribution in [0.15, 0.2) is 42.1 Å². The van der Waals surface area contributed by atoms with Crippen molar-refractivity contribution in [3.63, 3.8) is 0 Å². The van der Waals surface area contributed by atoms with Gasteiger partial charge in [0.05, 0.1) is 0 Å². The van der Waals surface area contributed by atoms with Gasteiger partial charge < -0.3 is 5.73 Å². The smallest absolute Gasteiger partial charge is 0.00327 e. The molecule has 1 nitrogen and oxygen atoms in total. The Hall–Kier alpha value is -1.50. The van der Waals surface area contributed by atoms with Gasteiger partial charge in [0.2, 0.25) is 0 Å². The van der Waals surface area contributed by atoms with E-state index >= 15 is 0 Å². The molecule has 0 aliphatic rings. The second kappa shape index (κ2) is 6.95. The predicted octanol–water partition coefficient (Wildman–Crippen LogP) is 4.04. The van der Waals surface area contributed by atoms with Gasteiger partial charge in [0.25, 0.3) is 0 Å². The maximum absolute atomic E-state index is 5.40. The SMILES string of the molecule is CC(/C=C\CCCc1c(C)cccc1C)=C/N. The third-order valence-electron chi connectivity index (χ3n) is 3.09. The largest absolute Gasteiger partial charge is 0.404 e. The zero-order valence-electron chi connectivity index (χ0n) is 11.2. The second-order valence-corrected chi connectivity index (χ2v) is 4.58. The van der Waals surface area contributed by atoms with E-state index in [0.29, 0.717) is 0 Å². The Morgan fingerprint density at radius 3 is 2.47 bits per heavy atom. The van der Waals surface area contributed by atoms with E-state index in [-0.39, 0.29) is 0 Å². The standard InChI is InChI=1S/C16H23N/c1-13(12-17)8-5-4-6-11-16-14(2)9-7-10-15(16)3/h5,7-10,12H,4,6,11,17H2,1-3H3/b8-5-,13-12-. The molecule has 0 fully saturated rings. The van der Waals surface area contributed by atoms with Gasteiger partial charge in [-0.1, -0.05) is 30.4 Å². The fourth-order valence-corrected chi connectivity index (χ4v) is 1.96. The summed E-state index contributed by atoms with van der Waals surface area (Å²) in [6, 6.07) is 6.52. The fourth-order valence-electron chi connectivity index (χ4n) is 1.96. The summed E-state index contributed by atoms with van der Waals surface area (Å²) < 4.78 is 0. The number of rotatable bonds is 5. The first-order valence-electron chi connectivity index (χ1n) is 6.25. The summed E-state index contributed by atoms with van der Waals surface area (Å²) in [5.41, 5.74) is 10.9. The monoisotopic (exact) mass is 229 g/mol. The summed E-state index contributed by atoms with van der Waals surface area (Å²) in [6.45, 7) is 6.40. The molecule has 17 heavy (non-hydrogen) atoms. The molecule has 0 atom stereocenters. The summed E-state index contributed by atoms with van der Waals surface area (Å²) in [6.07, 6.45) is 9.40. The first-order valence-corrected chi connectivity index (χ1v) is 6.25. The summed E-state index contributed by atoms with van der Waals surface area (Å²) in [5.74, 6) is 0. The van der Waals surface area contributed by atoms with Crippen LogP contribution in [0.1, 0.15) is 36.5 Å². The van der Waals surface area contributed by atoms with Gasteiger partial charge >= 0.3 is 0 Å². The summed E-state index contributed by atoms with van der Waals surface area (Å²) in [5, 5.41) is 0. The Morgan fingerprint density at radius 2 is 1.88 bits per heavy atom. The minimum atomic E-state index is 1.11. The maximum Gasteiger partial charge on any atom is -0.00327 e. The van der Waals surface area contributed by atoms with Crippen LogP contribution >= 0.6 is 0 Å². The van der Waals surface area contributed by atoms with Crippen molar-refractivity contribution in [2.24, 2.45) is 5.73 Å². The average Bonchev–Trinajstić information content (AvgIpc) is 2.31. The summed E-state index contributed by atoms with van der Waals surface area (Å²) in [4.78, 5) is 0.